The molecular formula is C13H21NO4S. The lowest BCUT2D eigenvalue weighted by Crippen LogP contribution is -2.26. The molecule has 0 spiro atoms. The molecule has 0 aliphatic carbocycles. The number of methoxy groups -OCH3 is 1. The van der Waals surface area contributed by atoms with Crippen LogP contribution in [0.3, 0.4) is 0 Å². The van der Waals surface area contributed by atoms with E-state index < -0.39 is 9.84 Å². The molecule has 1 aromatic carbocycles. The first-order valence-corrected chi connectivity index (χ1v) is 8.14. The van der Waals surface area contributed by atoms with Crippen molar-refractivity contribution in [3.63, 3.8) is 0 Å². The van der Waals surface area contributed by atoms with Crippen molar-refractivity contribution >= 4 is 9.84 Å². The molecule has 0 saturated carbocycles. The summed E-state index contributed by atoms with van der Waals surface area (Å²) in [6.45, 7) is 3.47. The molecule has 0 amide bonds. The third-order valence-corrected chi connectivity index (χ3v) is 3.45. The van der Waals surface area contributed by atoms with Crippen LogP contribution in [0.25, 0.3) is 0 Å². The van der Waals surface area contributed by atoms with Crippen LogP contribution in [0.2, 0.25) is 0 Å². The van der Waals surface area contributed by atoms with Gasteiger partial charge in [0.2, 0.25) is 0 Å². The minimum atomic E-state index is -2.90. The summed E-state index contributed by atoms with van der Waals surface area (Å²) in [5.74, 6) is 1.54. The summed E-state index contributed by atoms with van der Waals surface area (Å²) in [7, 11) is -1.30. The molecule has 0 fully saturated rings. The quantitative estimate of drug-likeness (QED) is 0.723. The number of benzene rings is 1. The molecule has 19 heavy (non-hydrogen) atoms. The molecule has 0 aliphatic rings. The Labute approximate surface area is 114 Å². The summed E-state index contributed by atoms with van der Waals surface area (Å²) in [6, 6.07) is 5.73. The smallest absolute Gasteiger partial charge is 0.161 e. The maximum atomic E-state index is 10.9. The highest BCUT2D eigenvalue weighted by atomic mass is 32.2. The maximum absolute atomic E-state index is 10.9. The van der Waals surface area contributed by atoms with Crippen LogP contribution in [0.5, 0.6) is 11.5 Å². The summed E-state index contributed by atoms with van der Waals surface area (Å²) >= 11 is 0. The van der Waals surface area contributed by atoms with Gasteiger partial charge in [-0.15, -0.1) is 0 Å². The Morgan fingerprint density at radius 1 is 1.21 bits per heavy atom. The van der Waals surface area contributed by atoms with E-state index in [2.05, 4.69) is 5.32 Å². The van der Waals surface area contributed by atoms with Gasteiger partial charge in [-0.3, -0.25) is 0 Å². The van der Waals surface area contributed by atoms with Gasteiger partial charge in [-0.05, 0) is 24.6 Å². The van der Waals surface area contributed by atoms with Gasteiger partial charge in [0.05, 0.1) is 12.9 Å². The predicted molar refractivity (Wildman–Crippen MR) is 75.8 cm³/mol. The zero-order valence-corrected chi connectivity index (χ0v) is 12.4. The molecule has 1 rings (SSSR count). The Kier molecular flexibility index (Phi) is 6.11. The van der Waals surface area contributed by atoms with Gasteiger partial charge >= 0.3 is 0 Å². The highest BCUT2D eigenvalue weighted by molar-refractivity contribution is 7.90. The van der Waals surface area contributed by atoms with E-state index in [9.17, 15) is 8.42 Å². The van der Waals surface area contributed by atoms with Crippen LogP contribution in [-0.2, 0) is 9.84 Å². The molecular weight excluding hydrogens is 266 g/mol. The summed E-state index contributed by atoms with van der Waals surface area (Å²) in [4.78, 5) is 0. The van der Waals surface area contributed by atoms with E-state index >= 15 is 0 Å². The minimum Gasteiger partial charge on any atom is -0.493 e. The average Bonchev–Trinajstić information content (AvgIpc) is 2.33. The third-order valence-electron chi connectivity index (χ3n) is 2.51. The Morgan fingerprint density at radius 3 is 2.58 bits per heavy atom. The standard InChI is InChI=1S/C13H21NO4S/c1-11-4-5-12(13(10-11)17-2)18-8-6-14-7-9-19(3,15)16/h4-5,10,14H,6-9H2,1-3H3. The lowest BCUT2D eigenvalue weighted by atomic mass is 10.2. The van der Waals surface area contributed by atoms with Gasteiger partial charge in [0.25, 0.3) is 0 Å². The van der Waals surface area contributed by atoms with E-state index in [-0.39, 0.29) is 5.75 Å². The number of aryl methyl sites for hydroxylation is 1. The molecule has 0 radical (unpaired) electrons. The normalized spacial score (nSPS) is 11.3. The minimum absolute atomic E-state index is 0.140. The molecule has 6 heteroatoms. The molecule has 0 aromatic heterocycles. The second-order valence-electron chi connectivity index (χ2n) is 4.38. The van der Waals surface area contributed by atoms with Crippen LogP contribution in [0, 0.1) is 6.92 Å². The van der Waals surface area contributed by atoms with Gasteiger partial charge < -0.3 is 14.8 Å². The van der Waals surface area contributed by atoms with Crippen molar-refractivity contribution in [3.8, 4) is 11.5 Å². The molecule has 1 N–H and O–H groups in total. The van der Waals surface area contributed by atoms with Crippen molar-refractivity contribution in [2.24, 2.45) is 0 Å². The van der Waals surface area contributed by atoms with Crippen LogP contribution in [0.1, 0.15) is 5.56 Å². The van der Waals surface area contributed by atoms with Gasteiger partial charge in [-0.1, -0.05) is 6.07 Å². The Hall–Kier alpha value is -1.27. The summed E-state index contributed by atoms with van der Waals surface area (Å²) in [6.07, 6.45) is 1.22. The average molecular weight is 287 g/mol. The zero-order chi connectivity index (χ0) is 14.3. The van der Waals surface area contributed by atoms with Crippen molar-refractivity contribution in [1.82, 2.24) is 5.32 Å². The number of rotatable bonds is 8. The fraction of sp³-hybridized carbons (Fsp3) is 0.538. The molecule has 0 aliphatic heterocycles. The van der Waals surface area contributed by atoms with Gasteiger partial charge in [-0.2, -0.15) is 0 Å². The lowest BCUT2D eigenvalue weighted by Gasteiger charge is -2.11. The Balaban J connectivity index is 2.30. The maximum Gasteiger partial charge on any atom is 0.161 e. The second kappa shape index (κ2) is 7.35. The topological polar surface area (TPSA) is 64.6 Å². The molecule has 0 saturated heterocycles. The van der Waals surface area contributed by atoms with E-state index in [1.165, 1.54) is 6.26 Å². The van der Waals surface area contributed by atoms with E-state index in [0.717, 1.165) is 5.56 Å². The molecule has 0 bridgehead atoms. The molecule has 0 unspecified atom stereocenters. The van der Waals surface area contributed by atoms with Gasteiger partial charge in [0.1, 0.15) is 16.4 Å². The van der Waals surface area contributed by atoms with Crippen LogP contribution in [0.15, 0.2) is 18.2 Å². The third kappa shape index (κ3) is 6.45. The Morgan fingerprint density at radius 2 is 1.95 bits per heavy atom. The highest BCUT2D eigenvalue weighted by Gasteiger charge is 2.04. The van der Waals surface area contributed by atoms with Crippen LogP contribution < -0.4 is 14.8 Å². The van der Waals surface area contributed by atoms with Crippen molar-refractivity contribution in [1.29, 1.82) is 0 Å². The Bertz CT molecular complexity index is 499. The van der Waals surface area contributed by atoms with Crippen molar-refractivity contribution in [3.05, 3.63) is 23.8 Å². The number of sulfone groups is 1. The monoisotopic (exact) mass is 287 g/mol. The number of hydrogen-bond donors (Lipinski definition) is 1. The zero-order valence-electron chi connectivity index (χ0n) is 11.6. The van der Waals surface area contributed by atoms with E-state index in [1.807, 2.05) is 25.1 Å². The van der Waals surface area contributed by atoms with E-state index in [0.29, 0.717) is 31.2 Å². The highest BCUT2D eigenvalue weighted by Crippen LogP contribution is 2.27. The first kappa shape index (κ1) is 15.8. The summed E-state index contributed by atoms with van der Waals surface area (Å²) in [5, 5.41) is 3.02. The largest absolute Gasteiger partial charge is 0.493 e. The molecule has 0 heterocycles. The van der Waals surface area contributed by atoms with Crippen LogP contribution in [-0.4, -0.2) is 47.2 Å². The van der Waals surface area contributed by atoms with Gasteiger partial charge in [-0.25, -0.2) is 8.42 Å². The molecule has 108 valence electrons. The first-order valence-electron chi connectivity index (χ1n) is 6.08. The van der Waals surface area contributed by atoms with Gasteiger partial charge in [0, 0.05) is 19.3 Å². The molecule has 5 nitrogen and oxygen atoms in total. The van der Waals surface area contributed by atoms with Crippen molar-refractivity contribution in [2.45, 2.75) is 6.92 Å². The number of hydrogen-bond acceptors (Lipinski definition) is 5. The predicted octanol–water partition coefficient (Wildman–Crippen LogP) is 1.02. The van der Waals surface area contributed by atoms with E-state index in [1.54, 1.807) is 7.11 Å². The fourth-order valence-corrected chi connectivity index (χ4v) is 2.02. The number of nitrogens with one attached hydrogen (secondary N) is 1. The fourth-order valence-electron chi connectivity index (χ4n) is 1.51. The summed E-state index contributed by atoms with van der Waals surface area (Å²) < 4.78 is 32.6. The molecule has 0 atom stereocenters. The summed E-state index contributed by atoms with van der Waals surface area (Å²) in [5.41, 5.74) is 1.11. The van der Waals surface area contributed by atoms with Crippen LogP contribution >= 0.6 is 0 Å². The first-order chi connectivity index (χ1) is 8.92. The van der Waals surface area contributed by atoms with Crippen molar-refractivity contribution < 1.29 is 17.9 Å². The molecule has 1 aromatic rings. The number of ether oxygens (including phenoxy) is 2. The SMILES string of the molecule is COc1cc(C)ccc1OCCNCCS(C)(=O)=O. The van der Waals surface area contributed by atoms with Crippen molar-refractivity contribution in [2.75, 3.05) is 38.8 Å². The van der Waals surface area contributed by atoms with Crippen LogP contribution in [0.4, 0.5) is 0 Å². The lowest BCUT2D eigenvalue weighted by molar-refractivity contribution is 0.293. The van der Waals surface area contributed by atoms with Gasteiger partial charge in [0.15, 0.2) is 11.5 Å². The second-order valence-corrected chi connectivity index (χ2v) is 6.64. The van der Waals surface area contributed by atoms with E-state index in [4.69, 9.17) is 9.47 Å².